The molecule has 11 heteroatoms. The normalized spacial score (nSPS) is 11.6. The van der Waals surface area contributed by atoms with Gasteiger partial charge in [-0.15, -0.1) is 0 Å². The van der Waals surface area contributed by atoms with E-state index in [4.69, 9.17) is 21.1 Å². The average Bonchev–Trinajstić information content (AvgIpc) is 3.39. The lowest BCUT2D eigenvalue weighted by Crippen LogP contribution is -2.19. The molecule has 0 atom stereocenters. The Kier molecular flexibility index (Phi) is 8.73. The van der Waals surface area contributed by atoms with Crippen molar-refractivity contribution in [2.24, 2.45) is 5.10 Å². The van der Waals surface area contributed by atoms with E-state index in [2.05, 4.69) is 15.5 Å². The van der Waals surface area contributed by atoms with E-state index in [1.165, 1.54) is 24.4 Å². The summed E-state index contributed by atoms with van der Waals surface area (Å²) in [6.45, 7) is 3.87. The molecule has 0 unspecified atom stereocenters. The molecule has 0 aliphatic rings. The number of hydrogen-bond acceptors (Lipinski definition) is 5. The number of alkyl halides is 3. The van der Waals surface area contributed by atoms with E-state index in [0.717, 1.165) is 34.7 Å². The zero-order valence-electron chi connectivity index (χ0n) is 23.5. The predicted octanol–water partition coefficient (Wildman–Crippen LogP) is 8.20. The van der Waals surface area contributed by atoms with Crippen LogP contribution >= 0.6 is 11.6 Å². The van der Waals surface area contributed by atoms with E-state index in [1.54, 1.807) is 19.1 Å². The maximum atomic E-state index is 13.3. The number of hydrazone groups is 1. The first-order valence-corrected chi connectivity index (χ1v) is 13.8. The predicted molar refractivity (Wildman–Crippen MR) is 163 cm³/mol. The van der Waals surface area contributed by atoms with E-state index in [-0.39, 0.29) is 29.4 Å². The van der Waals surface area contributed by atoms with Crippen LogP contribution in [0.1, 0.15) is 44.5 Å². The number of fused-ring (bicyclic) bond motifs is 1. The van der Waals surface area contributed by atoms with Gasteiger partial charge >= 0.3 is 12.1 Å². The molecule has 0 fully saturated rings. The Bertz CT molecular complexity index is 1900. The number of aromatic nitrogens is 1. The third-order valence-corrected chi connectivity index (χ3v) is 7.02. The lowest BCUT2D eigenvalue weighted by molar-refractivity contribution is -0.137. The second kappa shape index (κ2) is 12.6. The second-order valence-corrected chi connectivity index (χ2v) is 10.1. The highest BCUT2D eigenvalue weighted by atomic mass is 35.5. The van der Waals surface area contributed by atoms with Crippen LogP contribution in [0, 0.1) is 6.92 Å². The minimum Gasteiger partial charge on any atom is -0.490 e. The van der Waals surface area contributed by atoms with Crippen LogP contribution in [0.5, 0.6) is 11.5 Å². The fourth-order valence-electron chi connectivity index (χ4n) is 4.64. The molecule has 1 amide bonds. The highest BCUT2D eigenvalue weighted by Crippen LogP contribution is 2.37. The van der Waals surface area contributed by atoms with E-state index < -0.39 is 23.6 Å². The number of esters is 1. The van der Waals surface area contributed by atoms with Crippen LogP contribution in [0.2, 0.25) is 5.02 Å². The minimum atomic E-state index is -4.60. The van der Waals surface area contributed by atoms with Gasteiger partial charge in [0.25, 0.3) is 5.91 Å². The Balaban J connectivity index is 1.37. The topological polar surface area (TPSA) is 92.8 Å². The summed E-state index contributed by atoms with van der Waals surface area (Å²) in [6, 6.07) is 21.4. The van der Waals surface area contributed by atoms with E-state index in [0.29, 0.717) is 21.7 Å². The lowest BCUT2D eigenvalue weighted by Gasteiger charge is -2.12. The number of rotatable bonds is 8. The van der Waals surface area contributed by atoms with Crippen molar-refractivity contribution in [3.8, 4) is 22.6 Å². The molecule has 0 radical (unpaired) electrons. The number of carbonyl (C=O) groups excluding carboxylic acids is 2. The SMILES string of the molecule is CCOc1cc(C=NNC(=O)c2[nH]c3c(C)cccc3c2-c2ccccc2Cl)ccc1OC(=O)c1cccc(C(F)(F)F)c1. The van der Waals surface area contributed by atoms with E-state index in [1.807, 2.05) is 43.3 Å². The maximum absolute atomic E-state index is 13.3. The standard InChI is InChI=1S/C33H25ClF3N3O4/c1-3-43-27-16-20(14-15-26(27)44-32(42)21-9-7-10-22(17-21)33(35,36)37)18-38-40-31(41)30-28(23-11-4-5-13-25(23)34)24-12-6-8-19(2)29(24)39-30/h4-18,39H,3H2,1-2H3,(H,40,41). The number of para-hydroxylation sites is 1. The number of amides is 1. The van der Waals surface area contributed by atoms with Crippen molar-refractivity contribution in [2.75, 3.05) is 6.61 Å². The molecule has 0 aliphatic heterocycles. The fourth-order valence-corrected chi connectivity index (χ4v) is 4.87. The molecular weight excluding hydrogens is 595 g/mol. The van der Waals surface area contributed by atoms with Crippen LogP contribution < -0.4 is 14.9 Å². The molecule has 1 aromatic heterocycles. The molecule has 0 saturated carbocycles. The van der Waals surface area contributed by atoms with Gasteiger partial charge in [0.2, 0.25) is 0 Å². The lowest BCUT2D eigenvalue weighted by atomic mass is 10.0. The number of halogens is 4. The number of aromatic amines is 1. The quantitative estimate of drug-likeness (QED) is 0.0792. The molecule has 0 aliphatic carbocycles. The summed E-state index contributed by atoms with van der Waals surface area (Å²) >= 11 is 6.50. The summed E-state index contributed by atoms with van der Waals surface area (Å²) in [5.41, 5.74) is 5.17. The third kappa shape index (κ3) is 6.45. The molecule has 0 spiro atoms. The first-order chi connectivity index (χ1) is 21.1. The molecule has 0 bridgehead atoms. The summed E-state index contributed by atoms with van der Waals surface area (Å²) in [4.78, 5) is 29.2. The van der Waals surface area contributed by atoms with Crippen LogP contribution in [0.3, 0.4) is 0 Å². The number of aryl methyl sites for hydroxylation is 1. The summed E-state index contributed by atoms with van der Waals surface area (Å²) in [6.07, 6.45) is -3.23. The first-order valence-electron chi connectivity index (χ1n) is 13.4. The van der Waals surface area contributed by atoms with Gasteiger partial charge in [-0.1, -0.05) is 54.1 Å². The van der Waals surface area contributed by atoms with Crippen molar-refractivity contribution >= 4 is 40.6 Å². The van der Waals surface area contributed by atoms with Crippen molar-refractivity contribution in [2.45, 2.75) is 20.0 Å². The molecule has 5 aromatic rings. The summed E-state index contributed by atoms with van der Waals surface area (Å²) in [5, 5.41) is 5.42. The van der Waals surface area contributed by atoms with Gasteiger partial charge < -0.3 is 14.5 Å². The molecule has 0 saturated heterocycles. The van der Waals surface area contributed by atoms with Gasteiger partial charge in [0.1, 0.15) is 5.69 Å². The van der Waals surface area contributed by atoms with Gasteiger partial charge in [0, 0.05) is 27.1 Å². The van der Waals surface area contributed by atoms with Crippen LogP contribution in [0.15, 0.2) is 90.0 Å². The molecule has 2 N–H and O–H groups in total. The fraction of sp³-hybridized carbons (Fsp3) is 0.121. The van der Waals surface area contributed by atoms with Crippen molar-refractivity contribution < 1.29 is 32.2 Å². The Labute approximate surface area is 255 Å². The Morgan fingerprint density at radius 1 is 0.977 bits per heavy atom. The summed E-state index contributed by atoms with van der Waals surface area (Å²) in [7, 11) is 0. The van der Waals surface area contributed by atoms with Gasteiger partial charge in [-0.2, -0.15) is 18.3 Å². The summed E-state index contributed by atoms with van der Waals surface area (Å²) < 4.78 is 50.2. The molecule has 5 rings (SSSR count). The highest BCUT2D eigenvalue weighted by molar-refractivity contribution is 6.34. The molecule has 4 aromatic carbocycles. The largest absolute Gasteiger partial charge is 0.490 e. The van der Waals surface area contributed by atoms with Gasteiger partial charge in [0.15, 0.2) is 11.5 Å². The molecule has 44 heavy (non-hydrogen) atoms. The first kappa shape index (κ1) is 30.4. The zero-order valence-corrected chi connectivity index (χ0v) is 24.2. The van der Waals surface area contributed by atoms with Crippen LogP contribution in [0.25, 0.3) is 22.0 Å². The zero-order chi connectivity index (χ0) is 31.4. The number of H-pyrrole nitrogens is 1. The van der Waals surface area contributed by atoms with Crippen LogP contribution in [0.4, 0.5) is 13.2 Å². The number of nitrogens with one attached hydrogen (secondary N) is 2. The number of carbonyl (C=O) groups is 2. The van der Waals surface area contributed by atoms with E-state index in [9.17, 15) is 22.8 Å². The van der Waals surface area contributed by atoms with Crippen LogP contribution in [-0.4, -0.2) is 29.7 Å². The third-order valence-electron chi connectivity index (χ3n) is 6.69. The van der Waals surface area contributed by atoms with Crippen molar-refractivity contribution in [3.63, 3.8) is 0 Å². The second-order valence-electron chi connectivity index (χ2n) is 9.66. The van der Waals surface area contributed by atoms with Crippen molar-refractivity contribution in [1.82, 2.24) is 10.4 Å². The summed E-state index contributed by atoms with van der Waals surface area (Å²) in [5.74, 6) is -1.31. The Hall–Kier alpha value is -5.09. The molecule has 1 heterocycles. The van der Waals surface area contributed by atoms with Gasteiger partial charge in [-0.05, 0) is 67.4 Å². The number of ether oxygens (including phenoxy) is 2. The highest BCUT2D eigenvalue weighted by Gasteiger charge is 2.31. The smallest absolute Gasteiger partial charge is 0.416 e. The molecule has 7 nitrogen and oxygen atoms in total. The number of benzene rings is 4. The maximum Gasteiger partial charge on any atom is 0.416 e. The average molecular weight is 620 g/mol. The van der Waals surface area contributed by atoms with Crippen LogP contribution in [-0.2, 0) is 6.18 Å². The van der Waals surface area contributed by atoms with Crippen molar-refractivity contribution in [1.29, 1.82) is 0 Å². The Morgan fingerprint density at radius 2 is 1.75 bits per heavy atom. The number of nitrogens with zero attached hydrogens (tertiary/aromatic N) is 1. The van der Waals surface area contributed by atoms with Crippen molar-refractivity contribution in [3.05, 3.63) is 118 Å². The van der Waals surface area contributed by atoms with Gasteiger partial charge in [0.05, 0.1) is 23.9 Å². The molecule has 224 valence electrons. The monoisotopic (exact) mass is 619 g/mol. The van der Waals surface area contributed by atoms with Gasteiger partial charge in [-0.3, -0.25) is 4.79 Å². The molecular formula is C33H25ClF3N3O4. The van der Waals surface area contributed by atoms with Gasteiger partial charge in [-0.25, -0.2) is 10.2 Å². The van der Waals surface area contributed by atoms with E-state index >= 15 is 0 Å². The Morgan fingerprint density at radius 3 is 2.50 bits per heavy atom. The minimum absolute atomic E-state index is 0.00766. The number of hydrogen-bond donors (Lipinski definition) is 2.